The number of carbonyl (C=O) groups is 2. The fraction of sp³-hybridized carbons (Fsp3) is 0.412. The predicted molar refractivity (Wildman–Crippen MR) is 87.1 cm³/mol. The normalized spacial score (nSPS) is 17.9. The van der Waals surface area contributed by atoms with E-state index in [1.165, 1.54) is 0 Å². The molecule has 5 nitrogen and oxygen atoms in total. The van der Waals surface area contributed by atoms with E-state index in [0.717, 1.165) is 5.56 Å². The highest BCUT2D eigenvalue weighted by Gasteiger charge is 2.32. The van der Waals surface area contributed by atoms with Crippen LogP contribution in [-0.4, -0.2) is 31.7 Å². The van der Waals surface area contributed by atoms with Gasteiger partial charge in [-0.05, 0) is 31.5 Å². The van der Waals surface area contributed by atoms with Crippen molar-refractivity contribution < 1.29 is 19.1 Å². The maximum Gasteiger partial charge on any atom is 0.336 e. The van der Waals surface area contributed by atoms with Crippen molar-refractivity contribution >= 4 is 23.5 Å². The maximum atomic E-state index is 12.4. The van der Waals surface area contributed by atoms with Crippen LogP contribution in [-0.2, 0) is 19.1 Å². The van der Waals surface area contributed by atoms with E-state index < -0.39 is 5.97 Å². The predicted octanol–water partition coefficient (Wildman–Crippen LogP) is 2.80. The van der Waals surface area contributed by atoms with Crippen molar-refractivity contribution in [2.24, 2.45) is 0 Å². The van der Waals surface area contributed by atoms with Gasteiger partial charge in [-0.2, -0.15) is 0 Å². The second-order valence-electron chi connectivity index (χ2n) is 5.23. The Hall–Kier alpha value is -1.85. The lowest BCUT2D eigenvalue weighted by atomic mass is 9.84. The molecule has 0 aromatic heterocycles. The molecule has 6 heteroatoms. The SMILES string of the molecule is CCOCCOC(=O)C1=C(C)NC(=O)CC1c1cccc(Cl)c1. The number of nitrogens with one attached hydrogen (secondary N) is 1. The molecular formula is C17H20ClNO4. The lowest BCUT2D eigenvalue weighted by Crippen LogP contribution is -2.34. The molecule has 23 heavy (non-hydrogen) atoms. The van der Waals surface area contributed by atoms with Gasteiger partial charge in [0.05, 0.1) is 12.2 Å². The first-order chi connectivity index (χ1) is 11.0. The van der Waals surface area contributed by atoms with Gasteiger partial charge in [0, 0.05) is 29.7 Å². The molecule has 0 radical (unpaired) electrons. The molecule has 124 valence electrons. The van der Waals surface area contributed by atoms with E-state index in [1.807, 2.05) is 13.0 Å². The molecule has 1 aliphatic heterocycles. The minimum absolute atomic E-state index is 0.127. The summed E-state index contributed by atoms with van der Waals surface area (Å²) in [6.45, 7) is 4.68. The van der Waals surface area contributed by atoms with E-state index in [0.29, 0.717) is 29.5 Å². The lowest BCUT2D eigenvalue weighted by Gasteiger charge is -2.26. The highest BCUT2D eigenvalue weighted by molar-refractivity contribution is 6.30. The van der Waals surface area contributed by atoms with Gasteiger partial charge in [-0.15, -0.1) is 0 Å². The fourth-order valence-electron chi connectivity index (χ4n) is 2.59. The Morgan fingerprint density at radius 1 is 1.39 bits per heavy atom. The first-order valence-corrected chi connectivity index (χ1v) is 7.91. The molecule has 0 saturated carbocycles. The van der Waals surface area contributed by atoms with Crippen molar-refractivity contribution in [1.82, 2.24) is 5.32 Å². The highest BCUT2D eigenvalue weighted by Crippen LogP contribution is 2.34. The number of esters is 1. The Morgan fingerprint density at radius 3 is 2.87 bits per heavy atom. The number of amides is 1. The van der Waals surface area contributed by atoms with Crippen molar-refractivity contribution in [1.29, 1.82) is 0 Å². The summed E-state index contributed by atoms with van der Waals surface area (Å²) < 4.78 is 10.4. The van der Waals surface area contributed by atoms with Crippen LogP contribution in [0, 0.1) is 0 Å². The van der Waals surface area contributed by atoms with Crippen LogP contribution in [0.15, 0.2) is 35.5 Å². The molecule has 2 rings (SSSR count). The van der Waals surface area contributed by atoms with Gasteiger partial charge in [0.2, 0.25) is 5.91 Å². The number of hydrogen-bond donors (Lipinski definition) is 1. The van der Waals surface area contributed by atoms with Crippen LogP contribution in [0.2, 0.25) is 5.02 Å². The summed E-state index contributed by atoms with van der Waals surface area (Å²) in [5, 5.41) is 3.27. The van der Waals surface area contributed by atoms with Gasteiger partial charge >= 0.3 is 5.97 Å². The van der Waals surface area contributed by atoms with Crippen LogP contribution >= 0.6 is 11.6 Å². The molecular weight excluding hydrogens is 318 g/mol. The molecule has 1 heterocycles. The van der Waals surface area contributed by atoms with E-state index in [9.17, 15) is 9.59 Å². The largest absolute Gasteiger partial charge is 0.460 e. The third-order valence-electron chi connectivity index (χ3n) is 3.60. The van der Waals surface area contributed by atoms with Crippen LogP contribution in [0.4, 0.5) is 0 Å². The van der Waals surface area contributed by atoms with Crippen molar-refractivity contribution in [2.75, 3.05) is 19.8 Å². The molecule has 1 N–H and O–H groups in total. The Bertz CT molecular complexity index is 627. The van der Waals surface area contributed by atoms with Crippen LogP contribution < -0.4 is 5.32 Å². The van der Waals surface area contributed by atoms with Crippen LogP contribution in [0.5, 0.6) is 0 Å². The van der Waals surface area contributed by atoms with Crippen LogP contribution in [0.1, 0.15) is 31.7 Å². The highest BCUT2D eigenvalue weighted by atomic mass is 35.5. The van der Waals surface area contributed by atoms with Gasteiger partial charge in [-0.25, -0.2) is 4.79 Å². The molecule has 0 bridgehead atoms. The van der Waals surface area contributed by atoms with Crippen LogP contribution in [0.3, 0.4) is 0 Å². The summed E-state index contributed by atoms with van der Waals surface area (Å²) in [6.07, 6.45) is 0.188. The lowest BCUT2D eigenvalue weighted by molar-refractivity contribution is -0.141. The summed E-state index contributed by atoms with van der Waals surface area (Å²) in [6, 6.07) is 7.18. The summed E-state index contributed by atoms with van der Waals surface area (Å²) in [7, 11) is 0. The average Bonchev–Trinajstić information content (AvgIpc) is 2.50. The molecule has 1 aliphatic rings. The standard InChI is InChI=1S/C17H20ClNO4/c1-3-22-7-8-23-17(21)16-11(2)19-15(20)10-14(16)12-5-4-6-13(18)9-12/h4-6,9,14H,3,7-8,10H2,1-2H3,(H,19,20). The molecule has 1 unspecified atom stereocenters. The Balaban J connectivity index is 2.22. The van der Waals surface area contributed by atoms with E-state index >= 15 is 0 Å². The van der Waals surface area contributed by atoms with E-state index in [-0.39, 0.29) is 24.9 Å². The molecule has 0 saturated heterocycles. The number of benzene rings is 1. The number of halogens is 1. The summed E-state index contributed by atoms with van der Waals surface area (Å²) in [5.74, 6) is -0.924. The second-order valence-corrected chi connectivity index (χ2v) is 5.67. The smallest absolute Gasteiger partial charge is 0.336 e. The molecule has 1 aromatic carbocycles. The molecule has 1 aromatic rings. The molecule has 0 aliphatic carbocycles. The Kier molecular flexibility index (Phi) is 6.19. The van der Waals surface area contributed by atoms with E-state index in [1.54, 1.807) is 25.1 Å². The Morgan fingerprint density at radius 2 is 2.17 bits per heavy atom. The van der Waals surface area contributed by atoms with Gasteiger partial charge in [0.1, 0.15) is 6.61 Å². The Labute approximate surface area is 140 Å². The van der Waals surface area contributed by atoms with E-state index in [2.05, 4.69) is 5.32 Å². The molecule has 0 fully saturated rings. The number of hydrogen-bond acceptors (Lipinski definition) is 4. The average molecular weight is 338 g/mol. The number of allylic oxidation sites excluding steroid dienone is 1. The van der Waals surface area contributed by atoms with Crippen molar-refractivity contribution in [3.8, 4) is 0 Å². The molecule has 1 amide bonds. The topological polar surface area (TPSA) is 64.6 Å². The number of carbonyl (C=O) groups excluding carboxylic acids is 2. The summed E-state index contributed by atoms with van der Waals surface area (Å²) in [4.78, 5) is 24.3. The second kappa shape index (κ2) is 8.13. The zero-order valence-electron chi connectivity index (χ0n) is 13.2. The molecule has 0 spiro atoms. The molecule has 1 atom stereocenters. The van der Waals surface area contributed by atoms with Gasteiger partial charge in [-0.3, -0.25) is 4.79 Å². The minimum Gasteiger partial charge on any atom is -0.460 e. The minimum atomic E-state index is -0.438. The first-order valence-electron chi connectivity index (χ1n) is 7.54. The van der Waals surface area contributed by atoms with Gasteiger partial charge in [0.15, 0.2) is 0 Å². The monoisotopic (exact) mass is 337 g/mol. The third-order valence-corrected chi connectivity index (χ3v) is 3.84. The van der Waals surface area contributed by atoms with E-state index in [4.69, 9.17) is 21.1 Å². The van der Waals surface area contributed by atoms with Crippen LogP contribution in [0.25, 0.3) is 0 Å². The number of ether oxygens (including phenoxy) is 2. The summed E-state index contributed by atoms with van der Waals surface area (Å²) >= 11 is 6.03. The van der Waals surface area contributed by atoms with Gasteiger partial charge in [-0.1, -0.05) is 23.7 Å². The third kappa shape index (κ3) is 4.56. The zero-order chi connectivity index (χ0) is 16.8. The summed E-state index contributed by atoms with van der Waals surface area (Å²) in [5.41, 5.74) is 1.81. The quantitative estimate of drug-likeness (QED) is 0.640. The van der Waals surface area contributed by atoms with Crippen molar-refractivity contribution in [2.45, 2.75) is 26.2 Å². The van der Waals surface area contributed by atoms with Gasteiger partial charge < -0.3 is 14.8 Å². The zero-order valence-corrected chi connectivity index (χ0v) is 14.0. The van der Waals surface area contributed by atoms with Crippen molar-refractivity contribution in [3.05, 3.63) is 46.1 Å². The van der Waals surface area contributed by atoms with Gasteiger partial charge in [0.25, 0.3) is 0 Å². The fourth-order valence-corrected chi connectivity index (χ4v) is 2.79. The van der Waals surface area contributed by atoms with Crippen molar-refractivity contribution in [3.63, 3.8) is 0 Å². The number of rotatable bonds is 6. The first kappa shape index (κ1) is 17.5. The maximum absolute atomic E-state index is 12.4.